The number of rotatable bonds is 4. The van der Waals surface area contributed by atoms with Crippen molar-refractivity contribution < 1.29 is 4.74 Å². The predicted octanol–water partition coefficient (Wildman–Crippen LogP) is 4.77. The number of hydrogen-bond donors (Lipinski definition) is 1. The summed E-state index contributed by atoms with van der Waals surface area (Å²) in [5.41, 5.74) is 2.92. The molecule has 1 N–H and O–H groups in total. The number of ether oxygens (including phenoxy) is 1. The van der Waals surface area contributed by atoms with Crippen LogP contribution in [0.1, 0.15) is 52.0 Å². The summed E-state index contributed by atoms with van der Waals surface area (Å²) in [6.07, 6.45) is 5.31. The molecule has 1 aromatic rings. The molecule has 2 heteroatoms. The molecular formula is C17H27NO. The van der Waals surface area contributed by atoms with E-state index in [9.17, 15) is 0 Å². The van der Waals surface area contributed by atoms with Crippen LogP contribution in [0.25, 0.3) is 0 Å². The Bertz CT molecular complexity index is 425. The van der Waals surface area contributed by atoms with Crippen molar-refractivity contribution in [3.63, 3.8) is 0 Å². The molecule has 0 heterocycles. The molecule has 1 aromatic carbocycles. The second-order valence-electron chi connectivity index (χ2n) is 6.34. The van der Waals surface area contributed by atoms with Gasteiger partial charge in [0.05, 0.1) is 6.61 Å². The van der Waals surface area contributed by atoms with Crippen LogP contribution in [0.15, 0.2) is 18.2 Å². The van der Waals surface area contributed by atoms with Gasteiger partial charge in [-0.05, 0) is 55.9 Å². The summed E-state index contributed by atoms with van der Waals surface area (Å²) < 4.78 is 5.54. The van der Waals surface area contributed by atoms with Crippen LogP contribution in [0.5, 0.6) is 5.75 Å². The van der Waals surface area contributed by atoms with Crippen molar-refractivity contribution in [3.05, 3.63) is 23.8 Å². The molecular weight excluding hydrogens is 234 g/mol. The van der Waals surface area contributed by atoms with Crippen LogP contribution >= 0.6 is 0 Å². The van der Waals surface area contributed by atoms with E-state index in [0.717, 1.165) is 12.4 Å². The molecule has 2 nitrogen and oxygen atoms in total. The standard InChI is InChI=1S/C17H27NO/c1-5-19-14-9-10-15(13(2)12-14)18-16-8-6-7-11-17(16,3)4/h9-10,12,16,18H,5-8,11H2,1-4H3. The molecule has 1 aliphatic carbocycles. The maximum Gasteiger partial charge on any atom is 0.119 e. The van der Waals surface area contributed by atoms with E-state index in [1.54, 1.807) is 0 Å². The van der Waals surface area contributed by atoms with Crippen LogP contribution < -0.4 is 10.1 Å². The Kier molecular flexibility index (Phi) is 4.38. The fraction of sp³-hybridized carbons (Fsp3) is 0.647. The van der Waals surface area contributed by atoms with Crippen LogP contribution in [0.3, 0.4) is 0 Å². The monoisotopic (exact) mass is 261 g/mol. The molecule has 1 aliphatic rings. The topological polar surface area (TPSA) is 21.3 Å². The molecule has 1 fully saturated rings. The molecule has 0 amide bonds. The Morgan fingerprint density at radius 2 is 2.11 bits per heavy atom. The molecule has 1 unspecified atom stereocenters. The van der Waals surface area contributed by atoms with Gasteiger partial charge >= 0.3 is 0 Å². The lowest BCUT2D eigenvalue weighted by molar-refractivity contribution is 0.217. The Morgan fingerprint density at radius 3 is 2.74 bits per heavy atom. The molecule has 0 aromatic heterocycles. The van der Waals surface area contributed by atoms with Crippen LogP contribution in [0, 0.1) is 12.3 Å². The maximum atomic E-state index is 5.54. The molecule has 0 saturated heterocycles. The van der Waals surface area contributed by atoms with Gasteiger partial charge in [-0.3, -0.25) is 0 Å². The van der Waals surface area contributed by atoms with E-state index in [0.29, 0.717) is 11.5 Å². The van der Waals surface area contributed by atoms with Crippen molar-refractivity contribution in [2.24, 2.45) is 5.41 Å². The van der Waals surface area contributed by atoms with Gasteiger partial charge in [0.1, 0.15) is 5.75 Å². The highest BCUT2D eigenvalue weighted by atomic mass is 16.5. The number of hydrogen-bond acceptors (Lipinski definition) is 2. The first-order chi connectivity index (χ1) is 9.03. The first-order valence-corrected chi connectivity index (χ1v) is 7.53. The van der Waals surface area contributed by atoms with Crippen LogP contribution in [-0.2, 0) is 0 Å². The maximum absolute atomic E-state index is 5.54. The molecule has 1 saturated carbocycles. The predicted molar refractivity (Wildman–Crippen MR) is 82.0 cm³/mol. The smallest absolute Gasteiger partial charge is 0.119 e. The lowest BCUT2D eigenvalue weighted by Crippen LogP contribution is -2.39. The third-order valence-corrected chi connectivity index (χ3v) is 4.35. The van der Waals surface area contributed by atoms with Gasteiger partial charge in [0.25, 0.3) is 0 Å². The van der Waals surface area contributed by atoms with Crippen molar-refractivity contribution in [1.29, 1.82) is 0 Å². The van der Waals surface area contributed by atoms with Gasteiger partial charge in [-0.1, -0.05) is 26.7 Å². The van der Waals surface area contributed by atoms with Gasteiger partial charge in [0, 0.05) is 11.7 Å². The third-order valence-electron chi connectivity index (χ3n) is 4.35. The first-order valence-electron chi connectivity index (χ1n) is 7.53. The second kappa shape index (κ2) is 5.85. The highest BCUT2D eigenvalue weighted by Gasteiger charge is 2.32. The highest BCUT2D eigenvalue weighted by Crippen LogP contribution is 2.38. The minimum absolute atomic E-state index is 0.392. The van der Waals surface area contributed by atoms with Crippen LogP contribution in [0.2, 0.25) is 0 Å². The van der Waals surface area contributed by atoms with Crippen molar-refractivity contribution in [3.8, 4) is 5.75 Å². The summed E-state index contributed by atoms with van der Waals surface area (Å²) in [6, 6.07) is 6.93. The largest absolute Gasteiger partial charge is 0.494 e. The average Bonchev–Trinajstić information content (AvgIpc) is 2.35. The van der Waals surface area contributed by atoms with Gasteiger partial charge in [-0.25, -0.2) is 0 Å². The van der Waals surface area contributed by atoms with E-state index in [-0.39, 0.29) is 0 Å². The minimum Gasteiger partial charge on any atom is -0.494 e. The van der Waals surface area contributed by atoms with E-state index in [4.69, 9.17) is 4.74 Å². The van der Waals surface area contributed by atoms with E-state index >= 15 is 0 Å². The van der Waals surface area contributed by atoms with Gasteiger partial charge in [-0.2, -0.15) is 0 Å². The number of anilines is 1. The van der Waals surface area contributed by atoms with Gasteiger partial charge < -0.3 is 10.1 Å². The number of benzene rings is 1. The SMILES string of the molecule is CCOc1ccc(NC2CCCCC2(C)C)c(C)c1. The Balaban J connectivity index is 2.10. The zero-order valence-corrected chi connectivity index (χ0v) is 12.8. The van der Waals surface area contributed by atoms with Gasteiger partial charge in [-0.15, -0.1) is 0 Å². The van der Waals surface area contributed by atoms with Crippen molar-refractivity contribution in [2.45, 2.75) is 59.4 Å². The lowest BCUT2D eigenvalue weighted by Gasteiger charge is -2.40. The quantitative estimate of drug-likeness (QED) is 0.842. The second-order valence-corrected chi connectivity index (χ2v) is 6.34. The first kappa shape index (κ1) is 14.2. The lowest BCUT2D eigenvalue weighted by atomic mass is 9.73. The van der Waals surface area contributed by atoms with E-state index in [1.165, 1.54) is 36.9 Å². The Labute approximate surface area is 117 Å². The molecule has 0 spiro atoms. The summed E-state index contributed by atoms with van der Waals surface area (Å²) in [4.78, 5) is 0. The van der Waals surface area contributed by atoms with Gasteiger partial charge in [0.2, 0.25) is 0 Å². The summed E-state index contributed by atoms with van der Waals surface area (Å²) in [7, 11) is 0. The summed E-state index contributed by atoms with van der Waals surface area (Å²) >= 11 is 0. The molecule has 0 radical (unpaired) electrons. The summed E-state index contributed by atoms with van der Waals surface area (Å²) in [6.45, 7) is 9.66. The molecule has 0 aliphatic heterocycles. The number of nitrogens with one attached hydrogen (secondary N) is 1. The average molecular weight is 261 g/mol. The zero-order valence-electron chi connectivity index (χ0n) is 12.8. The molecule has 0 bridgehead atoms. The van der Waals surface area contributed by atoms with E-state index in [2.05, 4.69) is 44.3 Å². The zero-order chi connectivity index (χ0) is 13.9. The fourth-order valence-corrected chi connectivity index (χ4v) is 3.00. The third kappa shape index (κ3) is 3.43. The summed E-state index contributed by atoms with van der Waals surface area (Å²) in [5.74, 6) is 0.966. The number of aryl methyl sites for hydroxylation is 1. The van der Waals surface area contributed by atoms with Crippen molar-refractivity contribution in [1.82, 2.24) is 0 Å². The molecule has 106 valence electrons. The minimum atomic E-state index is 0.392. The molecule has 2 rings (SSSR count). The fourth-order valence-electron chi connectivity index (χ4n) is 3.00. The van der Waals surface area contributed by atoms with Crippen molar-refractivity contribution >= 4 is 5.69 Å². The highest BCUT2D eigenvalue weighted by molar-refractivity contribution is 5.54. The normalized spacial score (nSPS) is 22.0. The van der Waals surface area contributed by atoms with Crippen LogP contribution in [-0.4, -0.2) is 12.6 Å². The van der Waals surface area contributed by atoms with Crippen molar-refractivity contribution in [2.75, 3.05) is 11.9 Å². The molecule has 1 atom stereocenters. The van der Waals surface area contributed by atoms with E-state index < -0.39 is 0 Å². The van der Waals surface area contributed by atoms with Crippen LogP contribution in [0.4, 0.5) is 5.69 Å². The van der Waals surface area contributed by atoms with Gasteiger partial charge in [0.15, 0.2) is 0 Å². The summed E-state index contributed by atoms with van der Waals surface area (Å²) in [5, 5.41) is 3.75. The Morgan fingerprint density at radius 1 is 1.32 bits per heavy atom. The van der Waals surface area contributed by atoms with E-state index in [1.807, 2.05) is 6.92 Å². The molecule has 19 heavy (non-hydrogen) atoms. The Hall–Kier alpha value is -1.18.